The fraction of sp³-hybridized carbons (Fsp3) is 0.200. The molecular weight excluding hydrogens is 492 g/mol. The molecule has 0 spiro atoms. The van der Waals surface area contributed by atoms with Crippen molar-refractivity contribution in [1.82, 2.24) is 0 Å². The highest BCUT2D eigenvalue weighted by Gasteiger charge is 2.35. The van der Waals surface area contributed by atoms with Crippen LogP contribution < -0.4 is 0 Å². The molecule has 0 unspecified atom stereocenters. The number of halogens is 10. The van der Waals surface area contributed by atoms with Gasteiger partial charge in [0.05, 0.1) is 11.1 Å². The van der Waals surface area contributed by atoms with Crippen molar-refractivity contribution in [2.75, 3.05) is 0 Å². The van der Waals surface area contributed by atoms with Crippen LogP contribution in [0.2, 0.25) is 0 Å². The van der Waals surface area contributed by atoms with Gasteiger partial charge in [-0.05, 0) is 42.8 Å². The van der Waals surface area contributed by atoms with E-state index in [0.717, 1.165) is 12.1 Å². The zero-order valence-corrected chi connectivity index (χ0v) is 15.3. The number of rotatable bonds is 0. The molecular formula is C15H8Br2F8. The van der Waals surface area contributed by atoms with Crippen LogP contribution in [0.3, 0.4) is 0 Å². The van der Waals surface area contributed by atoms with Gasteiger partial charge in [-0.3, -0.25) is 0 Å². The molecule has 0 fully saturated rings. The second-order valence-corrected chi connectivity index (χ2v) is 6.54. The normalized spacial score (nSPS) is 11.8. The molecule has 0 N–H and O–H groups in total. The third-order valence-corrected chi connectivity index (χ3v) is 3.71. The molecule has 0 aliphatic heterocycles. The summed E-state index contributed by atoms with van der Waals surface area (Å²) in [6.07, 6.45) is -9.27. The Morgan fingerprint density at radius 3 is 1.64 bits per heavy atom. The Bertz CT molecular complexity index is 750. The first-order chi connectivity index (χ1) is 11.2. The molecule has 0 atom stereocenters. The second kappa shape index (κ2) is 8.03. The number of hydrogen-bond acceptors (Lipinski definition) is 0. The molecule has 10 heteroatoms. The minimum atomic E-state index is -4.64. The van der Waals surface area contributed by atoms with Crippen molar-refractivity contribution < 1.29 is 35.1 Å². The van der Waals surface area contributed by atoms with E-state index in [1.807, 2.05) is 0 Å². The van der Waals surface area contributed by atoms with Crippen LogP contribution in [0.5, 0.6) is 0 Å². The van der Waals surface area contributed by atoms with Gasteiger partial charge in [0.15, 0.2) is 0 Å². The quantitative estimate of drug-likeness (QED) is 0.329. The predicted molar refractivity (Wildman–Crippen MR) is 82.9 cm³/mol. The SMILES string of the molecule is Cc1cc(Br)cc(C(F)(F)F)c1F.Fc1ccc(Br)cc1C(F)(F)F. The van der Waals surface area contributed by atoms with Gasteiger partial charge in [0.2, 0.25) is 0 Å². The summed E-state index contributed by atoms with van der Waals surface area (Å²) in [5, 5.41) is 0. The van der Waals surface area contributed by atoms with Crippen LogP contribution in [-0.4, -0.2) is 0 Å². The monoisotopic (exact) mass is 498 g/mol. The Kier molecular flexibility index (Phi) is 7.03. The zero-order valence-electron chi connectivity index (χ0n) is 12.2. The summed E-state index contributed by atoms with van der Waals surface area (Å²) in [4.78, 5) is 0. The van der Waals surface area contributed by atoms with E-state index in [2.05, 4.69) is 31.9 Å². The number of alkyl halides is 6. The van der Waals surface area contributed by atoms with Crippen LogP contribution in [0.1, 0.15) is 16.7 Å². The maximum atomic E-state index is 12.9. The summed E-state index contributed by atoms with van der Waals surface area (Å²) in [5.41, 5.74) is -2.52. The largest absolute Gasteiger partial charge is 0.419 e. The first-order valence-corrected chi connectivity index (χ1v) is 7.87. The maximum absolute atomic E-state index is 12.9. The third-order valence-electron chi connectivity index (χ3n) is 2.76. The average Bonchev–Trinajstić information content (AvgIpc) is 2.44. The van der Waals surface area contributed by atoms with Crippen molar-refractivity contribution in [2.45, 2.75) is 19.3 Å². The van der Waals surface area contributed by atoms with Gasteiger partial charge < -0.3 is 0 Å². The smallest absolute Gasteiger partial charge is 0.206 e. The average molecular weight is 500 g/mol. The Morgan fingerprint density at radius 2 is 1.20 bits per heavy atom. The van der Waals surface area contributed by atoms with Crippen LogP contribution in [0.4, 0.5) is 35.1 Å². The lowest BCUT2D eigenvalue weighted by molar-refractivity contribution is -0.140. The van der Waals surface area contributed by atoms with Gasteiger partial charge in [0, 0.05) is 8.95 Å². The molecule has 138 valence electrons. The molecule has 0 saturated carbocycles. The number of benzene rings is 2. The van der Waals surface area contributed by atoms with E-state index in [1.54, 1.807) is 0 Å². The number of aryl methyl sites for hydroxylation is 1. The fourth-order valence-corrected chi connectivity index (χ4v) is 2.58. The zero-order chi connectivity index (χ0) is 19.6. The summed E-state index contributed by atoms with van der Waals surface area (Å²) in [6.45, 7) is 1.29. The van der Waals surface area contributed by atoms with Crippen molar-refractivity contribution in [3.8, 4) is 0 Å². The molecule has 0 aliphatic rings. The molecule has 2 aromatic rings. The lowest BCUT2D eigenvalue weighted by Gasteiger charge is -2.09. The lowest BCUT2D eigenvalue weighted by Crippen LogP contribution is -2.09. The van der Waals surface area contributed by atoms with Crippen LogP contribution in [0.25, 0.3) is 0 Å². The van der Waals surface area contributed by atoms with E-state index >= 15 is 0 Å². The van der Waals surface area contributed by atoms with Gasteiger partial charge in [-0.15, -0.1) is 0 Å². The molecule has 2 aromatic carbocycles. The first-order valence-electron chi connectivity index (χ1n) is 6.28. The Labute approximate surface area is 154 Å². The third kappa shape index (κ3) is 6.25. The van der Waals surface area contributed by atoms with Gasteiger partial charge in [0.1, 0.15) is 11.6 Å². The highest BCUT2D eigenvalue weighted by atomic mass is 79.9. The topological polar surface area (TPSA) is 0 Å². The molecule has 0 radical (unpaired) electrons. The van der Waals surface area contributed by atoms with Crippen molar-refractivity contribution >= 4 is 31.9 Å². The summed E-state index contributed by atoms with van der Waals surface area (Å²) in [6, 6.07) is 4.71. The van der Waals surface area contributed by atoms with Crippen LogP contribution in [0, 0.1) is 18.6 Å². The van der Waals surface area contributed by atoms with Gasteiger partial charge in [-0.1, -0.05) is 31.9 Å². The van der Waals surface area contributed by atoms with E-state index in [0.29, 0.717) is 6.07 Å². The van der Waals surface area contributed by atoms with Crippen molar-refractivity contribution in [2.24, 2.45) is 0 Å². The van der Waals surface area contributed by atoms with Gasteiger partial charge in [-0.2, -0.15) is 26.3 Å². The van der Waals surface area contributed by atoms with E-state index in [9.17, 15) is 35.1 Å². The summed E-state index contributed by atoms with van der Waals surface area (Å²) in [7, 11) is 0. The molecule has 0 bridgehead atoms. The minimum absolute atomic E-state index is 0.0262. The molecule has 0 nitrogen and oxygen atoms in total. The van der Waals surface area contributed by atoms with E-state index in [-0.39, 0.29) is 14.5 Å². The van der Waals surface area contributed by atoms with Crippen molar-refractivity contribution in [3.05, 3.63) is 67.6 Å². The fourth-order valence-electron chi connectivity index (χ4n) is 1.65. The van der Waals surface area contributed by atoms with E-state index in [1.165, 1.54) is 19.1 Å². The van der Waals surface area contributed by atoms with Crippen LogP contribution >= 0.6 is 31.9 Å². The molecule has 0 aliphatic carbocycles. The van der Waals surface area contributed by atoms with Crippen molar-refractivity contribution in [1.29, 1.82) is 0 Å². The van der Waals surface area contributed by atoms with Gasteiger partial charge in [-0.25, -0.2) is 8.78 Å². The Morgan fingerprint density at radius 1 is 0.720 bits per heavy atom. The molecule has 25 heavy (non-hydrogen) atoms. The summed E-state index contributed by atoms with van der Waals surface area (Å²) in [5.74, 6) is -2.47. The molecule has 0 amide bonds. The Balaban J connectivity index is 0.000000251. The summed E-state index contributed by atoms with van der Waals surface area (Å²) < 4.78 is 98.2. The lowest BCUT2D eigenvalue weighted by atomic mass is 10.1. The highest BCUT2D eigenvalue weighted by molar-refractivity contribution is 9.10. The predicted octanol–water partition coefficient (Wildman–Crippen LogP) is 7.52. The Hall–Kier alpha value is -1.16. The molecule has 0 aromatic heterocycles. The van der Waals surface area contributed by atoms with Crippen LogP contribution in [0.15, 0.2) is 39.3 Å². The minimum Gasteiger partial charge on any atom is -0.206 e. The van der Waals surface area contributed by atoms with Crippen molar-refractivity contribution in [3.63, 3.8) is 0 Å². The van der Waals surface area contributed by atoms with E-state index < -0.39 is 35.1 Å². The standard InChI is InChI=1S/C8H5BrF4.C7H3BrF4/c1-4-2-5(9)3-6(7(4)10)8(11,12)13;8-4-1-2-6(9)5(3-4)7(10,11)12/h2-3H,1H3;1-3H. The molecule has 0 saturated heterocycles. The summed E-state index contributed by atoms with van der Waals surface area (Å²) >= 11 is 5.69. The number of hydrogen-bond donors (Lipinski definition) is 0. The second-order valence-electron chi connectivity index (χ2n) is 4.70. The van der Waals surface area contributed by atoms with Crippen LogP contribution in [-0.2, 0) is 12.4 Å². The maximum Gasteiger partial charge on any atom is 0.419 e. The molecule has 2 rings (SSSR count). The van der Waals surface area contributed by atoms with E-state index in [4.69, 9.17) is 0 Å². The first kappa shape index (κ1) is 21.9. The van der Waals surface area contributed by atoms with Gasteiger partial charge in [0.25, 0.3) is 0 Å². The van der Waals surface area contributed by atoms with Gasteiger partial charge >= 0.3 is 12.4 Å². The highest BCUT2D eigenvalue weighted by Crippen LogP contribution is 2.34. The molecule has 0 heterocycles.